The van der Waals surface area contributed by atoms with Crippen LogP contribution in [-0.4, -0.2) is 16.5 Å². The first kappa shape index (κ1) is 14.8. The third-order valence-electron chi connectivity index (χ3n) is 5.30. The van der Waals surface area contributed by atoms with Gasteiger partial charge in [0.1, 0.15) is 5.82 Å². The fourth-order valence-electron chi connectivity index (χ4n) is 3.81. The largest absolute Gasteiger partial charge is 0.311 e. The predicted molar refractivity (Wildman–Crippen MR) is 84.4 cm³/mol. The molecule has 3 rings (SSSR count). The standard InChI is InChI=1S/C17H27N3O/c1-17(2,3)12-6-4-11(5-7-12)15-19-14-10-18-9-8-13(14)16(21)20-15/h11-12,18H,4-10H2,1-3H3,(H,19,20,21). The van der Waals surface area contributed by atoms with E-state index in [4.69, 9.17) is 4.98 Å². The van der Waals surface area contributed by atoms with Crippen molar-refractivity contribution in [2.75, 3.05) is 6.54 Å². The number of hydrogen-bond donors (Lipinski definition) is 2. The molecule has 0 atom stereocenters. The van der Waals surface area contributed by atoms with Gasteiger partial charge in [-0.1, -0.05) is 20.8 Å². The van der Waals surface area contributed by atoms with Gasteiger partial charge >= 0.3 is 0 Å². The Labute approximate surface area is 126 Å². The van der Waals surface area contributed by atoms with E-state index in [2.05, 4.69) is 31.1 Å². The summed E-state index contributed by atoms with van der Waals surface area (Å²) < 4.78 is 0. The number of hydrogen-bond acceptors (Lipinski definition) is 3. The monoisotopic (exact) mass is 289 g/mol. The van der Waals surface area contributed by atoms with Crippen molar-refractivity contribution in [3.63, 3.8) is 0 Å². The van der Waals surface area contributed by atoms with Crippen LogP contribution < -0.4 is 10.9 Å². The lowest BCUT2D eigenvalue weighted by Gasteiger charge is -2.36. The van der Waals surface area contributed by atoms with Crippen LogP contribution >= 0.6 is 0 Å². The molecule has 1 aromatic heterocycles. The van der Waals surface area contributed by atoms with E-state index in [0.717, 1.165) is 55.4 Å². The fourth-order valence-corrected chi connectivity index (χ4v) is 3.81. The third-order valence-corrected chi connectivity index (χ3v) is 5.30. The number of aromatic amines is 1. The molecule has 116 valence electrons. The fraction of sp³-hybridized carbons (Fsp3) is 0.765. The van der Waals surface area contributed by atoms with Crippen LogP contribution in [0.5, 0.6) is 0 Å². The van der Waals surface area contributed by atoms with E-state index in [9.17, 15) is 4.79 Å². The first-order chi connectivity index (χ1) is 9.95. The summed E-state index contributed by atoms with van der Waals surface area (Å²) in [5, 5.41) is 3.31. The molecular formula is C17H27N3O. The van der Waals surface area contributed by atoms with Gasteiger partial charge in [-0.15, -0.1) is 0 Å². The Morgan fingerprint density at radius 3 is 2.52 bits per heavy atom. The maximum Gasteiger partial charge on any atom is 0.254 e. The van der Waals surface area contributed by atoms with Gasteiger partial charge in [-0.2, -0.15) is 0 Å². The molecule has 2 aliphatic rings. The van der Waals surface area contributed by atoms with Gasteiger partial charge in [0, 0.05) is 18.0 Å². The molecule has 1 aliphatic heterocycles. The van der Waals surface area contributed by atoms with Gasteiger partial charge < -0.3 is 10.3 Å². The highest BCUT2D eigenvalue weighted by Gasteiger charge is 2.31. The van der Waals surface area contributed by atoms with E-state index in [-0.39, 0.29) is 5.56 Å². The summed E-state index contributed by atoms with van der Waals surface area (Å²) in [5.74, 6) is 2.15. The van der Waals surface area contributed by atoms with Gasteiger partial charge in [0.05, 0.1) is 5.69 Å². The van der Waals surface area contributed by atoms with Crippen LogP contribution in [0.1, 0.15) is 69.5 Å². The van der Waals surface area contributed by atoms with Crippen molar-refractivity contribution in [1.82, 2.24) is 15.3 Å². The van der Waals surface area contributed by atoms with E-state index in [1.165, 1.54) is 12.8 Å². The minimum absolute atomic E-state index is 0.0921. The molecule has 0 amide bonds. The molecule has 1 aromatic rings. The lowest BCUT2D eigenvalue weighted by molar-refractivity contribution is 0.167. The van der Waals surface area contributed by atoms with Crippen molar-refractivity contribution in [2.24, 2.45) is 11.3 Å². The van der Waals surface area contributed by atoms with Crippen LogP contribution in [0, 0.1) is 11.3 Å². The van der Waals surface area contributed by atoms with Crippen molar-refractivity contribution in [3.8, 4) is 0 Å². The Hall–Kier alpha value is -1.16. The van der Waals surface area contributed by atoms with E-state index >= 15 is 0 Å². The maximum absolute atomic E-state index is 12.2. The quantitative estimate of drug-likeness (QED) is 0.836. The number of nitrogens with one attached hydrogen (secondary N) is 2. The number of aromatic nitrogens is 2. The summed E-state index contributed by atoms with van der Waals surface area (Å²) in [7, 11) is 0. The summed E-state index contributed by atoms with van der Waals surface area (Å²) >= 11 is 0. The van der Waals surface area contributed by atoms with Gasteiger partial charge in [-0.05, 0) is 50.0 Å². The average molecular weight is 289 g/mol. The minimum Gasteiger partial charge on any atom is -0.311 e. The topological polar surface area (TPSA) is 57.8 Å². The molecule has 4 nitrogen and oxygen atoms in total. The molecule has 2 heterocycles. The van der Waals surface area contributed by atoms with E-state index in [1.54, 1.807) is 0 Å². The molecular weight excluding hydrogens is 262 g/mol. The maximum atomic E-state index is 12.2. The van der Waals surface area contributed by atoms with Gasteiger partial charge in [-0.3, -0.25) is 4.79 Å². The Morgan fingerprint density at radius 1 is 1.14 bits per heavy atom. The molecule has 1 aliphatic carbocycles. The van der Waals surface area contributed by atoms with Crippen LogP contribution in [0.15, 0.2) is 4.79 Å². The number of H-pyrrole nitrogens is 1. The molecule has 2 N–H and O–H groups in total. The Bertz CT molecular complexity index is 562. The second-order valence-electron chi connectivity index (χ2n) is 7.72. The zero-order valence-corrected chi connectivity index (χ0v) is 13.5. The molecule has 4 heteroatoms. The molecule has 1 fully saturated rings. The molecule has 1 saturated carbocycles. The van der Waals surface area contributed by atoms with Crippen LogP contribution in [-0.2, 0) is 13.0 Å². The third kappa shape index (κ3) is 3.05. The highest BCUT2D eigenvalue weighted by molar-refractivity contribution is 5.21. The summed E-state index contributed by atoms with van der Waals surface area (Å²) in [6, 6.07) is 0. The van der Waals surface area contributed by atoms with Gasteiger partial charge in [0.25, 0.3) is 5.56 Å². The van der Waals surface area contributed by atoms with Crippen LogP contribution in [0.2, 0.25) is 0 Å². The van der Waals surface area contributed by atoms with Gasteiger partial charge in [0.2, 0.25) is 0 Å². The summed E-state index contributed by atoms with van der Waals surface area (Å²) in [6.45, 7) is 8.63. The molecule has 0 unspecified atom stereocenters. The zero-order chi connectivity index (χ0) is 15.0. The smallest absolute Gasteiger partial charge is 0.254 e. The first-order valence-electron chi connectivity index (χ1n) is 8.28. The van der Waals surface area contributed by atoms with Crippen molar-refractivity contribution >= 4 is 0 Å². The summed E-state index contributed by atoms with van der Waals surface area (Å²) in [6.07, 6.45) is 5.59. The zero-order valence-electron chi connectivity index (χ0n) is 13.5. The average Bonchev–Trinajstić information content (AvgIpc) is 2.46. The normalized spacial score (nSPS) is 26.4. The summed E-state index contributed by atoms with van der Waals surface area (Å²) in [4.78, 5) is 20.1. The second kappa shape index (κ2) is 5.56. The molecule has 0 spiro atoms. The predicted octanol–water partition coefficient (Wildman–Crippen LogP) is 2.74. The second-order valence-corrected chi connectivity index (χ2v) is 7.72. The van der Waals surface area contributed by atoms with Crippen molar-refractivity contribution in [2.45, 2.75) is 65.3 Å². The number of nitrogens with zero attached hydrogens (tertiary/aromatic N) is 1. The van der Waals surface area contributed by atoms with E-state index < -0.39 is 0 Å². The first-order valence-corrected chi connectivity index (χ1v) is 8.28. The molecule has 0 radical (unpaired) electrons. The lowest BCUT2D eigenvalue weighted by Crippen LogP contribution is -2.33. The highest BCUT2D eigenvalue weighted by Crippen LogP contribution is 2.42. The lowest BCUT2D eigenvalue weighted by atomic mass is 9.69. The highest BCUT2D eigenvalue weighted by atomic mass is 16.1. The molecule has 0 bridgehead atoms. The van der Waals surface area contributed by atoms with Crippen molar-refractivity contribution in [3.05, 3.63) is 27.4 Å². The van der Waals surface area contributed by atoms with Crippen molar-refractivity contribution in [1.29, 1.82) is 0 Å². The Balaban J connectivity index is 1.77. The van der Waals surface area contributed by atoms with Gasteiger partial charge in [0.15, 0.2) is 0 Å². The number of fused-ring (bicyclic) bond motifs is 1. The SMILES string of the molecule is CC(C)(C)C1CCC(c2nc3c(c(=O)[nH]2)CCNC3)CC1. The van der Waals surface area contributed by atoms with Crippen molar-refractivity contribution < 1.29 is 0 Å². The van der Waals surface area contributed by atoms with E-state index in [0.29, 0.717) is 11.3 Å². The van der Waals surface area contributed by atoms with Gasteiger partial charge in [-0.25, -0.2) is 4.98 Å². The minimum atomic E-state index is 0.0921. The molecule has 0 saturated heterocycles. The Morgan fingerprint density at radius 2 is 1.86 bits per heavy atom. The number of rotatable bonds is 1. The summed E-state index contributed by atoms with van der Waals surface area (Å²) in [5.41, 5.74) is 2.35. The Kier molecular flexibility index (Phi) is 3.91. The molecule has 0 aromatic carbocycles. The molecule has 21 heavy (non-hydrogen) atoms. The van der Waals surface area contributed by atoms with E-state index in [1.807, 2.05) is 0 Å². The van der Waals surface area contributed by atoms with Crippen LogP contribution in [0.4, 0.5) is 0 Å². The van der Waals surface area contributed by atoms with Crippen LogP contribution in [0.3, 0.4) is 0 Å². The van der Waals surface area contributed by atoms with Crippen LogP contribution in [0.25, 0.3) is 0 Å².